The van der Waals surface area contributed by atoms with Gasteiger partial charge < -0.3 is 5.11 Å². The van der Waals surface area contributed by atoms with Gasteiger partial charge in [0.2, 0.25) is 0 Å². The van der Waals surface area contributed by atoms with Crippen molar-refractivity contribution >= 4 is 28.9 Å². The maximum absolute atomic E-state index is 11.0. The molecule has 1 heterocycles. The molecule has 0 bridgehead atoms. The fraction of sp³-hybridized carbons (Fsp3) is 0.545. The average Bonchev–Trinajstić information content (AvgIpc) is 2.64. The molecule has 0 spiro atoms. The van der Waals surface area contributed by atoms with Gasteiger partial charge in [0.15, 0.2) is 0 Å². The SMILES string of the molecule is CCC(C(=O)O)N(C)C(C)c1csc(Cl)c1. The van der Waals surface area contributed by atoms with Crippen LogP contribution in [-0.2, 0) is 4.79 Å². The summed E-state index contributed by atoms with van der Waals surface area (Å²) in [7, 11) is 1.83. The standard InChI is InChI=1S/C11H16ClNO2S/c1-4-9(11(14)15)13(3)7(2)8-5-10(12)16-6-8/h5-7,9H,4H2,1-3H3,(H,14,15). The zero-order chi connectivity index (χ0) is 12.3. The maximum Gasteiger partial charge on any atom is 0.320 e. The zero-order valence-electron chi connectivity index (χ0n) is 9.61. The largest absolute Gasteiger partial charge is 0.480 e. The zero-order valence-corrected chi connectivity index (χ0v) is 11.2. The molecular formula is C11H16ClNO2S. The van der Waals surface area contributed by atoms with E-state index in [4.69, 9.17) is 16.7 Å². The number of likely N-dealkylation sites (N-methyl/N-ethyl adjacent to an activating group) is 1. The van der Waals surface area contributed by atoms with Gasteiger partial charge in [0, 0.05) is 6.04 Å². The van der Waals surface area contributed by atoms with E-state index in [1.54, 1.807) is 0 Å². The Hall–Kier alpha value is -0.580. The van der Waals surface area contributed by atoms with E-state index >= 15 is 0 Å². The molecule has 1 aromatic heterocycles. The van der Waals surface area contributed by atoms with Gasteiger partial charge in [-0.25, -0.2) is 0 Å². The molecule has 0 amide bonds. The first kappa shape index (κ1) is 13.5. The lowest BCUT2D eigenvalue weighted by Gasteiger charge is -2.29. The summed E-state index contributed by atoms with van der Waals surface area (Å²) >= 11 is 7.34. The van der Waals surface area contributed by atoms with Gasteiger partial charge >= 0.3 is 5.97 Å². The average molecular weight is 262 g/mol. The smallest absolute Gasteiger partial charge is 0.320 e. The highest BCUT2D eigenvalue weighted by Gasteiger charge is 2.25. The molecular weight excluding hydrogens is 246 g/mol. The van der Waals surface area contributed by atoms with Crippen LogP contribution in [0.25, 0.3) is 0 Å². The van der Waals surface area contributed by atoms with Gasteiger partial charge in [-0.2, -0.15) is 0 Å². The molecule has 0 radical (unpaired) electrons. The van der Waals surface area contributed by atoms with Crippen LogP contribution in [0.3, 0.4) is 0 Å². The topological polar surface area (TPSA) is 40.5 Å². The third kappa shape index (κ3) is 2.97. The normalized spacial score (nSPS) is 15.1. The van der Waals surface area contributed by atoms with Crippen molar-refractivity contribution < 1.29 is 9.90 Å². The van der Waals surface area contributed by atoms with Crippen LogP contribution >= 0.6 is 22.9 Å². The number of hydrogen-bond acceptors (Lipinski definition) is 3. The molecule has 2 unspecified atom stereocenters. The Morgan fingerprint density at radius 2 is 2.31 bits per heavy atom. The fourth-order valence-corrected chi connectivity index (χ4v) is 2.66. The molecule has 0 aliphatic heterocycles. The molecule has 2 atom stereocenters. The van der Waals surface area contributed by atoms with Gasteiger partial charge in [0.25, 0.3) is 0 Å². The van der Waals surface area contributed by atoms with Crippen LogP contribution in [0.4, 0.5) is 0 Å². The van der Waals surface area contributed by atoms with Crippen LogP contribution in [0.15, 0.2) is 11.4 Å². The minimum atomic E-state index is -0.779. The molecule has 1 rings (SSSR count). The van der Waals surface area contributed by atoms with Crippen molar-refractivity contribution in [3.05, 3.63) is 21.3 Å². The monoisotopic (exact) mass is 261 g/mol. The second-order valence-corrected chi connectivity index (χ2v) is 5.33. The lowest BCUT2D eigenvalue weighted by molar-refractivity contribution is -0.143. The summed E-state index contributed by atoms with van der Waals surface area (Å²) in [6, 6.07) is 1.50. The van der Waals surface area contributed by atoms with E-state index in [0.29, 0.717) is 6.42 Å². The predicted octanol–water partition coefficient (Wildman–Crippen LogP) is 3.26. The van der Waals surface area contributed by atoms with Crippen LogP contribution in [0.5, 0.6) is 0 Å². The summed E-state index contributed by atoms with van der Waals surface area (Å²) in [5, 5.41) is 11.0. The third-order valence-electron chi connectivity index (χ3n) is 2.84. The van der Waals surface area contributed by atoms with Gasteiger partial charge in [0.1, 0.15) is 6.04 Å². The molecule has 5 heteroatoms. The van der Waals surface area contributed by atoms with Crippen LogP contribution in [-0.4, -0.2) is 29.1 Å². The number of nitrogens with zero attached hydrogens (tertiary/aromatic N) is 1. The van der Waals surface area contributed by atoms with Gasteiger partial charge in [-0.3, -0.25) is 9.69 Å². The van der Waals surface area contributed by atoms with E-state index in [1.165, 1.54) is 11.3 Å². The Morgan fingerprint density at radius 3 is 2.69 bits per heavy atom. The summed E-state index contributed by atoms with van der Waals surface area (Å²) in [5.74, 6) is -0.779. The number of carbonyl (C=O) groups is 1. The first-order valence-corrected chi connectivity index (χ1v) is 6.41. The van der Waals surface area contributed by atoms with E-state index < -0.39 is 12.0 Å². The highest BCUT2D eigenvalue weighted by molar-refractivity contribution is 7.14. The van der Waals surface area contributed by atoms with Crippen molar-refractivity contribution in [3.8, 4) is 0 Å². The highest BCUT2D eigenvalue weighted by Crippen LogP contribution is 2.28. The molecule has 0 aliphatic rings. The van der Waals surface area contributed by atoms with Gasteiger partial charge in [-0.15, -0.1) is 11.3 Å². The van der Waals surface area contributed by atoms with E-state index in [9.17, 15) is 4.79 Å². The summed E-state index contributed by atoms with van der Waals surface area (Å²) in [6.45, 7) is 3.87. The van der Waals surface area contributed by atoms with Crippen molar-refractivity contribution in [1.82, 2.24) is 4.90 Å². The summed E-state index contributed by atoms with van der Waals surface area (Å²) in [4.78, 5) is 12.9. The summed E-state index contributed by atoms with van der Waals surface area (Å²) in [5.41, 5.74) is 1.07. The van der Waals surface area contributed by atoms with E-state index in [0.717, 1.165) is 9.90 Å². The molecule has 1 N–H and O–H groups in total. The van der Waals surface area contributed by atoms with Gasteiger partial charge in [-0.05, 0) is 37.4 Å². The third-order valence-corrected chi connectivity index (χ3v) is 3.95. The second-order valence-electron chi connectivity index (χ2n) is 3.79. The van der Waals surface area contributed by atoms with E-state index in [2.05, 4.69) is 0 Å². The van der Waals surface area contributed by atoms with Crippen LogP contribution in [0.2, 0.25) is 4.34 Å². The van der Waals surface area contributed by atoms with Crippen LogP contribution in [0.1, 0.15) is 31.9 Å². The number of thiophene rings is 1. The lowest BCUT2D eigenvalue weighted by atomic mass is 10.1. The second kappa shape index (κ2) is 5.66. The molecule has 0 saturated carbocycles. The molecule has 90 valence electrons. The minimum absolute atomic E-state index is 0.0600. The number of carboxylic acid groups (broad SMARTS) is 1. The Kier molecular flexibility index (Phi) is 4.77. The molecule has 0 fully saturated rings. The number of halogens is 1. The van der Waals surface area contributed by atoms with E-state index in [-0.39, 0.29) is 6.04 Å². The van der Waals surface area contributed by atoms with Gasteiger partial charge in [0.05, 0.1) is 4.34 Å². The Bertz CT molecular complexity index is 367. The molecule has 0 saturated heterocycles. The number of aliphatic carboxylic acids is 1. The molecule has 16 heavy (non-hydrogen) atoms. The van der Waals surface area contributed by atoms with Crippen LogP contribution < -0.4 is 0 Å². The fourth-order valence-electron chi connectivity index (χ4n) is 1.68. The van der Waals surface area contributed by atoms with Gasteiger partial charge in [-0.1, -0.05) is 18.5 Å². The predicted molar refractivity (Wildman–Crippen MR) is 67.2 cm³/mol. The molecule has 3 nitrogen and oxygen atoms in total. The summed E-state index contributed by atoms with van der Waals surface area (Å²) in [6.07, 6.45) is 0.591. The van der Waals surface area contributed by atoms with Crippen molar-refractivity contribution in [2.75, 3.05) is 7.05 Å². The first-order chi connectivity index (χ1) is 7.47. The van der Waals surface area contributed by atoms with Crippen molar-refractivity contribution in [3.63, 3.8) is 0 Å². The van der Waals surface area contributed by atoms with Crippen LogP contribution in [0, 0.1) is 0 Å². The Morgan fingerprint density at radius 1 is 1.69 bits per heavy atom. The molecule has 0 aliphatic carbocycles. The minimum Gasteiger partial charge on any atom is -0.480 e. The number of carboxylic acids is 1. The number of rotatable bonds is 5. The quantitative estimate of drug-likeness (QED) is 0.885. The van der Waals surface area contributed by atoms with E-state index in [1.807, 2.05) is 37.2 Å². The highest BCUT2D eigenvalue weighted by atomic mass is 35.5. The van der Waals surface area contributed by atoms with Crippen molar-refractivity contribution in [1.29, 1.82) is 0 Å². The van der Waals surface area contributed by atoms with Crippen molar-refractivity contribution in [2.24, 2.45) is 0 Å². The molecule has 1 aromatic rings. The molecule has 0 aromatic carbocycles. The number of hydrogen-bond donors (Lipinski definition) is 1. The Labute approximate surface area is 105 Å². The maximum atomic E-state index is 11.0. The lowest BCUT2D eigenvalue weighted by Crippen LogP contribution is -2.39. The Balaban J connectivity index is 2.80. The first-order valence-electron chi connectivity index (χ1n) is 5.16. The van der Waals surface area contributed by atoms with Crippen molar-refractivity contribution in [2.45, 2.75) is 32.4 Å². The summed E-state index contributed by atoms with van der Waals surface area (Å²) < 4.78 is 0.735.